The Balaban J connectivity index is 2.12. The van der Waals surface area contributed by atoms with Crippen molar-refractivity contribution in [1.29, 1.82) is 0 Å². The van der Waals surface area contributed by atoms with Gasteiger partial charge in [0.05, 0.1) is 11.1 Å². The Morgan fingerprint density at radius 2 is 2.00 bits per heavy atom. The Morgan fingerprint density at radius 1 is 1.20 bits per heavy atom. The van der Waals surface area contributed by atoms with Gasteiger partial charge in [-0.3, -0.25) is 0 Å². The molecular formula is C14H13IN4S. The minimum absolute atomic E-state index is 0.632. The van der Waals surface area contributed by atoms with E-state index in [2.05, 4.69) is 62.2 Å². The molecule has 4 nitrogen and oxygen atoms in total. The van der Waals surface area contributed by atoms with Gasteiger partial charge in [0.2, 0.25) is 5.95 Å². The standard InChI is InChI=1S/C14H13IN4S/c1-8-7-9-12(17-11-6-4-3-5-10(11)15)18-14(16-2)19-13(9)20-8/h3-7H,1-2H3,(H2,16,17,18,19). The highest BCUT2D eigenvalue weighted by Crippen LogP contribution is 2.32. The van der Waals surface area contributed by atoms with E-state index in [0.29, 0.717) is 5.95 Å². The molecule has 0 saturated carbocycles. The van der Waals surface area contributed by atoms with Gasteiger partial charge in [0.15, 0.2) is 0 Å². The Labute approximate surface area is 134 Å². The van der Waals surface area contributed by atoms with Crippen LogP contribution in [0.1, 0.15) is 4.88 Å². The number of benzene rings is 1. The second kappa shape index (κ2) is 5.53. The van der Waals surface area contributed by atoms with Crippen LogP contribution in [0.25, 0.3) is 10.2 Å². The number of hydrogen-bond acceptors (Lipinski definition) is 5. The van der Waals surface area contributed by atoms with Crippen LogP contribution < -0.4 is 10.6 Å². The van der Waals surface area contributed by atoms with Crippen molar-refractivity contribution in [2.24, 2.45) is 0 Å². The normalized spacial score (nSPS) is 10.8. The van der Waals surface area contributed by atoms with Crippen LogP contribution in [0.2, 0.25) is 0 Å². The molecule has 1 aromatic carbocycles. The highest BCUT2D eigenvalue weighted by molar-refractivity contribution is 14.1. The molecule has 0 aliphatic heterocycles. The molecule has 0 atom stereocenters. The van der Waals surface area contributed by atoms with Crippen LogP contribution in [-0.2, 0) is 0 Å². The zero-order valence-electron chi connectivity index (χ0n) is 11.1. The third-order valence-electron chi connectivity index (χ3n) is 2.87. The lowest BCUT2D eigenvalue weighted by atomic mass is 10.3. The molecule has 0 fully saturated rings. The van der Waals surface area contributed by atoms with E-state index in [1.54, 1.807) is 11.3 Å². The van der Waals surface area contributed by atoms with Crippen molar-refractivity contribution >= 4 is 61.6 Å². The van der Waals surface area contributed by atoms with Crippen molar-refractivity contribution in [2.45, 2.75) is 6.92 Å². The Morgan fingerprint density at radius 3 is 2.75 bits per heavy atom. The fourth-order valence-corrected chi connectivity index (χ4v) is 3.34. The first-order valence-electron chi connectivity index (χ1n) is 6.15. The molecule has 2 heterocycles. The molecule has 6 heteroatoms. The monoisotopic (exact) mass is 396 g/mol. The lowest BCUT2D eigenvalue weighted by molar-refractivity contribution is 1.20. The smallest absolute Gasteiger partial charge is 0.225 e. The highest BCUT2D eigenvalue weighted by atomic mass is 127. The molecule has 102 valence electrons. The largest absolute Gasteiger partial charge is 0.357 e. The number of thiophene rings is 1. The molecule has 3 aromatic rings. The van der Waals surface area contributed by atoms with Crippen LogP contribution in [-0.4, -0.2) is 17.0 Å². The van der Waals surface area contributed by atoms with Crippen LogP contribution in [0.15, 0.2) is 30.3 Å². The molecule has 0 bridgehead atoms. The summed E-state index contributed by atoms with van der Waals surface area (Å²) < 4.78 is 1.16. The van der Waals surface area contributed by atoms with Crippen LogP contribution in [0.5, 0.6) is 0 Å². The Kier molecular flexibility index (Phi) is 3.75. The van der Waals surface area contributed by atoms with Gasteiger partial charge in [-0.2, -0.15) is 4.98 Å². The summed E-state index contributed by atoms with van der Waals surface area (Å²) >= 11 is 3.99. The van der Waals surface area contributed by atoms with E-state index in [0.717, 1.165) is 25.3 Å². The topological polar surface area (TPSA) is 49.8 Å². The molecular weight excluding hydrogens is 383 g/mol. The number of aromatic nitrogens is 2. The predicted molar refractivity (Wildman–Crippen MR) is 94.1 cm³/mol. The first-order valence-corrected chi connectivity index (χ1v) is 8.04. The van der Waals surface area contributed by atoms with E-state index < -0.39 is 0 Å². The van der Waals surface area contributed by atoms with Gasteiger partial charge in [0.25, 0.3) is 0 Å². The van der Waals surface area contributed by atoms with Crippen molar-refractivity contribution in [3.8, 4) is 0 Å². The van der Waals surface area contributed by atoms with E-state index in [1.165, 1.54) is 4.88 Å². The van der Waals surface area contributed by atoms with E-state index in [-0.39, 0.29) is 0 Å². The minimum Gasteiger partial charge on any atom is -0.357 e. The fourth-order valence-electron chi connectivity index (χ4n) is 1.94. The minimum atomic E-state index is 0.632. The SMILES string of the molecule is CNc1nc(Nc2ccccc2I)c2cc(C)sc2n1. The molecule has 20 heavy (non-hydrogen) atoms. The van der Waals surface area contributed by atoms with Gasteiger partial charge in [0, 0.05) is 15.5 Å². The quantitative estimate of drug-likeness (QED) is 0.645. The molecule has 0 aliphatic carbocycles. The van der Waals surface area contributed by atoms with E-state index in [1.807, 2.05) is 25.2 Å². The van der Waals surface area contributed by atoms with E-state index in [4.69, 9.17) is 0 Å². The van der Waals surface area contributed by atoms with Gasteiger partial charge in [0.1, 0.15) is 10.6 Å². The molecule has 0 unspecified atom stereocenters. The fraction of sp³-hybridized carbons (Fsp3) is 0.143. The number of hydrogen-bond donors (Lipinski definition) is 2. The lowest BCUT2D eigenvalue weighted by Crippen LogP contribution is -2.01. The summed E-state index contributed by atoms with van der Waals surface area (Å²) in [6, 6.07) is 10.3. The van der Waals surface area contributed by atoms with E-state index in [9.17, 15) is 0 Å². The van der Waals surface area contributed by atoms with Crippen molar-refractivity contribution < 1.29 is 0 Å². The number of halogens is 1. The Hall–Kier alpha value is -1.41. The van der Waals surface area contributed by atoms with Crippen molar-refractivity contribution in [2.75, 3.05) is 17.7 Å². The molecule has 0 aliphatic rings. The maximum Gasteiger partial charge on any atom is 0.225 e. The van der Waals surface area contributed by atoms with Crippen LogP contribution in [0.3, 0.4) is 0 Å². The van der Waals surface area contributed by atoms with E-state index >= 15 is 0 Å². The second-order valence-electron chi connectivity index (χ2n) is 4.33. The van der Waals surface area contributed by atoms with Crippen LogP contribution >= 0.6 is 33.9 Å². The first-order chi connectivity index (χ1) is 9.67. The number of fused-ring (bicyclic) bond motifs is 1. The van der Waals surface area contributed by atoms with Gasteiger partial charge >= 0.3 is 0 Å². The zero-order valence-corrected chi connectivity index (χ0v) is 14.0. The maximum atomic E-state index is 4.54. The van der Waals surface area contributed by atoms with Gasteiger partial charge in [-0.1, -0.05) is 12.1 Å². The van der Waals surface area contributed by atoms with Gasteiger partial charge in [-0.25, -0.2) is 4.98 Å². The highest BCUT2D eigenvalue weighted by Gasteiger charge is 2.11. The third-order valence-corrected chi connectivity index (χ3v) is 4.75. The van der Waals surface area contributed by atoms with Gasteiger partial charge < -0.3 is 10.6 Å². The van der Waals surface area contributed by atoms with Crippen molar-refractivity contribution in [3.63, 3.8) is 0 Å². The predicted octanol–water partition coefficient (Wildman–Crippen LogP) is 4.39. The van der Waals surface area contributed by atoms with Crippen molar-refractivity contribution in [1.82, 2.24) is 9.97 Å². The second-order valence-corrected chi connectivity index (χ2v) is 6.72. The average Bonchev–Trinajstić information content (AvgIpc) is 2.81. The summed E-state index contributed by atoms with van der Waals surface area (Å²) in [5.41, 5.74) is 1.05. The average molecular weight is 396 g/mol. The summed E-state index contributed by atoms with van der Waals surface area (Å²) in [5.74, 6) is 1.47. The molecule has 0 radical (unpaired) electrons. The summed E-state index contributed by atoms with van der Waals surface area (Å²) in [6.07, 6.45) is 0. The molecule has 2 aromatic heterocycles. The lowest BCUT2D eigenvalue weighted by Gasteiger charge is -2.10. The first kappa shape index (κ1) is 13.6. The molecule has 0 saturated heterocycles. The molecule has 2 N–H and O–H groups in total. The molecule has 0 amide bonds. The number of aryl methyl sites for hydroxylation is 1. The number of rotatable bonds is 3. The van der Waals surface area contributed by atoms with Gasteiger partial charge in [-0.15, -0.1) is 11.3 Å². The van der Waals surface area contributed by atoms with Gasteiger partial charge in [-0.05, 0) is 47.7 Å². The summed E-state index contributed by atoms with van der Waals surface area (Å²) in [7, 11) is 1.83. The number of para-hydroxylation sites is 1. The number of nitrogens with zero attached hydrogens (tertiary/aromatic N) is 2. The summed E-state index contributed by atoms with van der Waals surface area (Å²) in [4.78, 5) is 11.3. The Bertz CT molecular complexity index is 769. The maximum absolute atomic E-state index is 4.54. The van der Waals surface area contributed by atoms with Crippen LogP contribution in [0.4, 0.5) is 17.5 Å². The molecule has 0 spiro atoms. The van der Waals surface area contributed by atoms with Crippen molar-refractivity contribution in [3.05, 3.63) is 38.8 Å². The molecule has 3 rings (SSSR count). The third kappa shape index (κ3) is 2.57. The van der Waals surface area contributed by atoms with Crippen LogP contribution in [0, 0.1) is 10.5 Å². The zero-order chi connectivity index (χ0) is 14.1. The summed E-state index contributed by atoms with van der Waals surface area (Å²) in [6.45, 7) is 2.08. The summed E-state index contributed by atoms with van der Waals surface area (Å²) in [5, 5.41) is 7.48. The number of anilines is 3. The number of nitrogens with one attached hydrogen (secondary N) is 2.